The largest absolute Gasteiger partial charge is 0.383 e. The zero-order valence-electron chi connectivity index (χ0n) is 8.71. The van der Waals surface area contributed by atoms with Crippen molar-refractivity contribution in [1.82, 2.24) is 5.32 Å². The molecule has 0 aromatic heterocycles. The fourth-order valence-electron chi connectivity index (χ4n) is 1.69. The Morgan fingerprint density at radius 1 is 1.62 bits per heavy atom. The summed E-state index contributed by atoms with van der Waals surface area (Å²) in [6.45, 7) is 3.06. The molecule has 3 heteroatoms. The van der Waals surface area contributed by atoms with E-state index in [0.29, 0.717) is 6.04 Å². The van der Waals surface area contributed by atoms with Gasteiger partial charge in [0.1, 0.15) is 0 Å². The first-order valence-electron chi connectivity index (χ1n) is 5.19. The summed E-state index contributed by atoms with van der Waals surface area (Å²) >= 11 is 2.07. The molecule has 13 heavy (non-hydrogen) atoms. The topological polar surface area (TPSA) is 21.3 Å². The number of rotatable bonds is 5. The number of hydrogen-bond donors (Lipinski definition) is 1. The standard InChI is InChI=1S/C10H21NOS/c1-3-9(7-12-2)11-10-5-4-6-13-8-10/h9-11H,3-8H2,1-2H3/t9-,10-/m1/s1. The Morgan fingerprint density at radius 2 is 2.46 bits per heavy atom. The predicted octanol–water partition coefficient (Wildman–Crippen LogP) is 1.90. The lowest BCUT2D eigenvalue weighted by Gasteiger charge is -2.27. The van der Waals surface area contributed by atoms with Gasteiger partial charge in [-0.25, -0.2) is 0 Å². The first-order valence-corrected chi connectivity index (χ1v) is 6.35. The number of hydrogen-bond acceptors (Lipinski definition) is 3. The van der Waals surface area contributed by atoms with Crippen LogP contribution in [-0.4, -0.2) is 37.3 Å². The lowest BCUT2D eigenvalue weighted by molar-refractivity contribution is 0.158. The first-order chi connectivity index (χ1) is 6.36. The zero-order chi connectivity index (χ0) is 9.52. The second kappa shape index (κ2) is 6.68. The summed E-state index contributed by atoms with van der Waals surface area (Å²) in [4.78, 5) is 0. The molecule has 0 aromatic rings. The summed E-state index contributed by atoms with van der Waals surface area (Å²) in [6, 6.07) is 1.27. The molecule has 1 N–H and O–H groups in total. The van der Waals surface area contributed by atoms with E-state index in [9.17, 15) is 0 Å². The van der Waals surface area contributed by atoms with Gasteiger partial charge in [0.25, 0.3) is 0 Å². The second-order valence-electron chi connectivity index (χ2n) is 3.64. The van der Waals surface area contributed by atoms with E-state index in [-0.39, 0.29) is 0 Å². The molecule has 0 spiro atoms. The van der Waals surface area contributed by atoms with E-state index in [2.05, 4.69) is 24.0 Å². The minimum atomic E-state index is 0.550. The first kappa shape index (κ1) is 11.3. The summed E-state index contributed by atoms with van der Waals surface area (Å²) in [5, 5.41) is 3.66. The quantitative estimate of drug-likeness (QED) is 0.737. The predicted molar refractivity (Wildman–Crippen MR) is 59.4 cm³/mol. The van der Waals surface area contributed by atoms with Gasteiger partial charge < -0.3 is 10.1 Å². The maximum atomic E-state index is 5.17. The summed E-state index contributed by atoms with van der Waals surface area (Å²) < 4.78 is 5.17. The zero-order valence-corrected chi connectivity index (χ0v) is 9.53. The molecule has 2 atom stereocenters. The van der Waals surface area contributed by atoms with Crippen molar-refractivity contribution in [2.24, 2.45) is 0 Å². The fraction of sp³-hybridized carbons (Fsp3) is 1.00. The normalized spacial score (nSPS) is 25.8. The number of thioether (sulfide) groups is 1. The van der Waals surface area contributed by atoms with Crippen molar-refractivity contribution >= 4 is 11.8 Å². The van der Waals surface area contributed by atoms with Crippen LogP contribution in [0.1, 0.15) is 26.2 Å². The lowest BCUT2D eigenvalue weighted by atomic mass is 10.1. The highest BCUT2D eigenvalue weighted by Crippen LogP contribution is 2.17. The summed E-state index contributed by atoms with van der Waals surface area (Å²) in [5.74, 6) is 2.62. The van der Waals surface area contributed by atoms with Crippen molar-refractivity contribution in [3.8, 4) is 0 Å². The molecule has 1 saturated heterocycles. The molecule has 1 heterocycles. The van der Waals surface area contributed by atoms with E-state index in [0.717, 1.165) is 19.1 Å². The van der Waals surface area contributed by atoms with Crippen LogP contribution >= 0.6 is 11.8 Å². The minimum absolute atomic E-state index is 0.550. The molecule has 0 saturated carbocycles. The van der Waals surface area contributed by atoms with E-state index in [4.69, 9.17) is 4.74 Å². The Kier molecular flexibility index (Phi) is 5.83. The van der Waals surface area contributed by atoms with Gasteiger partial charge in [-0.05, 0) is 25.0 Å². The number of methoxy groups -OCH3 is 1. The summed E-state index contributed by atoms with van der Waals surface area (Å²) in [6.07, 6.45) is 3.87. The molecule has 0 aromatic carbocycles. The number of ether oxygens (including phenoxy) is 1. The van der Waals surface area contributed by atoms with Gasteiger partial charge in [-0.3, -0.25) is 0 Å². The molecular weight excluding hydrogens is 182 g/mol. The molecule has 1 aliphatic heterocycles. The molecule has 0 bridgehead atoms. The molecular formula is C10H21NOS. The molecule has 0 unspecified atom stereocenters. The van der Waals surface area contributed by atoms with Crippen LogP contribution in [-0.2, 0) is 4.74 Å². The molecule has 78 valence electrons. The molecule has 1 fully saturated rings. The SMILES string of the molecule is CC[C@H](COC)N[C@@H]1CCCSC1. The monoisotopic (exact) mass is 203 g/mol. The van der Waals surface area contributed by atoms with Crippen LogP contribution in [0.4, 0.5) is 0 Å². The Hall–Kier alpha value is 0.270. The van der Waals surface area contributed by atoms with Gasteiger partial charge in [-0.2, -0.15) is 11.8 Å². The third kappa shape index (κ3) is 4.34. The van der Waals surface area contributed by atoms with Crippen LogP contribution in [0.25, 0.3) is 0 Å². The maximum Gasteiger partial charge on any atom is 0.0615 e. The Morgan fingerprint density at radius 3 is 3.00 bits per heavy atom. The van der Waals surface area contributed by atoms with Crippen LogP contribution < -0.4 is 5.32 Å². The van der Waals surface area contributed by atoms with E-state index < -0.39 is 0 Å². The smallest absolute Gasteiger partial charge is 0.0615 e. The van der Waals surface area contributed by atoms with Gasteiger partial charge in [0.05, 0.1) is 6.61 Å². The van der Waals surface area contributed by atoms with Gasteiger partial charge in [0.15, 0.2) is 0 Å². The van der Waals surface area contributed by atoms with Crippen LogP contribution in [0.2, 0.25) is 0 Å². The minimum Gasteiger partial charge on any atom is -0.383 e. The van der Waals surface area contributed by atoms with Crippen molar-refractivity contribution in [1.29, 1.82) is 0 Å². The van der Waals surface area contributed by atoms with E-state index >= 15 is 0 Å². The molecule has 1 rings (SSSR count). The second-order valence-corrected chi connectivity index (χ2v) is 4.79. The molecule has 2 nitrogen and oxygen atoms in total. The van der Waals surface area contributed by atoms with Crippen LogP contribution in [0.5, 0.6) is 0 Å². The van der Waals surface area contributed by atoms with Crippen LogP contribution in [0.15, 0.2) is 0 Å². The highest BCUT2D eigenvalue weighted by atomic mass is 32.2. The fourth-order valence-corrected chi connectivity index (χ4v) is 2.78. The Balaban J connectivity index is 2.18. The highest BCUT2D eigenvalue weighted by molar-refractivity contribution is 7.99. The lowest BCUT2D eigenvalue weighted by Crippen LogP contribution is -2.43. The van der Waals surface area contributed by atoms with Crippen molar-refractivity contribution in [3.05, 3.63) is 0 Å². The van der Waals surface area contributed by atoms with Crippen molar-refractivity contribution in [2.45, 2.75) is 38.3 Å². The van der Waals surface area contributed by atoms with Gasteiger partial charge in [-0.15, -0.1) is 0 Å². The number of nitrogens with one attached hydrogen (secondary N) is 1. The van der Waals surface area contributed by atoms with Gasteiger partial charge in [-0.1, -0.05) is 6.92 Å². The van der Waals surface area contributed by atoms with Gasteiger partial charge >= 0.3 is 0 Å². The maximum absolute atomic E-state index is 5.17. The van der Waals surface area contributed by atoms with Crippen molar-refractivity contribution < 1.29 is 4.74 Å². The molecule has 0 amide bonds. The Labute approximate surface area is 85.8 Å². The van der Waals surface area contributed by atoms with Gasteiger partial charge in [0, 0.05) is 24.9 Å². The van der Waals surface area contributed by atoms with E-state index in [1.807, 2.05) is 0 Å². The van der Waals surface area contributed by atoms with Crippen LogP contribution in [0, 0.1) is 0 Å². The van der Waals surface area contributed by atoms with Crippen molar-refractivity contribution in [3.63, 3.8) is 0 Å². The Bertz CT molecular complexity index is 123. The molecule has 0 aliphatic carbocycles. The van der Waals surface area contributed by atoms with E-state index in [1.165, 1.54) is 24.3 Å². The summed E-state index contributed by atoms with van der Waals surface area (Å²) in [5.41, 5.74) is 0. The molecule has 1 aliphatic rings. The average molecular weight is 203 g/mol. The van der Waals surface area contributed by atoms with E-state index in [1.54, 1.807) is 7.11 Å². The van der Waals surface area contributed by atoms with Crippen LogP contribution in [0.3, 0.4) is 0 Å². The molecule has 0 radical (unpaired) electrons. The third-order valence-corrected chi connectivity index (χ3v) is 3.71. The third-order valence-electron chi connectivity index (χ3n) is 2.49. The summed E-state index contributed by atoms with van der Waals surface area (Å²) in [7, 11) is 1.78. The van der Waals surface area contributed by atoms with Gasteiger partial charge in [0.2, 0.25) is 0 Å². The average Bonchev–Trinajstić information content (AvgIpc) is 2.19. The highest BCUT2D eigenvalue weighted by Gasteiger charge is 2.16. The van der Waals surface area contributed by atoms with Crippen molar-refractivity contribution in [2.75, 3.05) is 25.2 Å².